The summed E-state index contributed by atoms with van der Waals surface area (Å²) < 4.78 is 39.9. The van der Waals surface area contributed by atoms with Crippen molar-refractivity contribution in [1.29, 1.82) is 0 Å². The number of hydrogen-bond donors (Lipinski definition) is 2. The van der Waals surface area contributed by atoms with Crippen LogP contribution in [-0.4, -0.2) is 66.4 Å². The second-order valence-corrected chi connectivity index (χ2v) is 7.98. The Morgan fingerprint density at radius 2 is 1.50 bits per heavy atom. The number of benzene rings is 1. The van der Waals surface area contributed by atoms with Crippen molar-refractivity contribution in [3.63, 3.8) is 0 Å². The third-order valence-electron chi connectivity index (χ3n) is 4.24. The van der Waals surface area contributed by atoms with Crippen molar-refractivity contribution in [3.8, 4) is 0 Å². The highest BCUT2D eigenvalue weighted by atomic mass is 19.2. The van der Waals surface area contributed by atoms with Crippen LogP contribution in [0.2, 0.25) is 0 Å². The Morgan fingerprint density at radius 3 is 2.07 bits per heavy atom. The zero-order chi connectivity index (χ0) is 20.9. The molecule has 2 N–H and O–H groups in total. The molecule has 0 unspecified atom stereocenters. The second-order valence-electron chi connectivity index (χ2n) is 7.98. The van der Waals surface area contributed by atoms with Gasteiger partial charge in [0.2, 0.25) is 11.8 Å². The lowest BCUT2D eigenvalue weighted by molar-refractivity contribution is -0.123. The molecule has 1 saturated heterocycles. The summed E-state index contributed by atoms with van der Waals surface area (Å²) in [6.45, 7) is 8.60. The van der Waals surface area contributed by atoms with E-state index in [1.54, 1.807) is 0 Å². The maximum atomic E-state index is 13.7. The summed E-state index contributed by atoms with van der Waals surface area (Å²) in [6, 6.07) is 1.75. The van der Waals surface area contributed by atoms with Gasteiger partial charge in [0, 0.05) is 18.6 Å². The summed E-state index contributed by atoms with van der Waals surface area (Å²) in [5.74, 6) is -4.90. The average Bonchev–Trinajstić information content (AvgIpc) is 2.79. The third kappa shape index (κ3) is 6.79. The minimum Gasteiger partial charge on any atom is -0.350 e. The zero-order valence-corrected chi connectivity index (χ0v) is 16.4. The summed E-state index contributed by atoms with van der Waals surface area (Å²) in [5.41, 5.74) is -0.679. The molecule has 9 heteroatoms. The molecule has 156 valence electrons. The van der Waals surface area contributed by atoms with E-state index in [4.69, 9.17) is 0 Å². The lowest BCUT2D eigenvalue weighted by Gasteiger charge is -2.25. The van der Waals surface area contributed by atoms with Gasteiger partial charge in [0.15, 0.2) is 17.5 Å². The molecule has 1 aliphatic heterocycles. The van der Waals surface area contributed by atoms with E-state index in [0.717, 1.165) is 25.1 Å². The molecule has 1 aliphatic rings. The fourth-order valence-electron chi connectivity index (χ4n) is 3.02. The molecule has 0 bridgehead atoms. The molecule has 6 nitrogen and oxygen atoms in total. The first-order chi connectivity index (χ1) is 13.0. The van der Waals surface area contributed by atoms with Crippen molar-refractivity contribution in [2.45, 2.75) is 32.7 Å². The van der Waals surface area contributed by atoms with Gasteiger partial charge in [-0.1, -0.05) is 0 Å². The van der Waals surface area contributed by atoms with Crippen LogP contribution in [0.15, 0.2) is 12.1 Å². The Balaban J connectivity index is 1.83. The van der Waals surface area contributed by atoms with Gasteiger partial charge in [-0.05, 0) is 52.4 Å². The number of carbonyl (C=O) groups is 2. The lowest BCUT2D eigenvalue weighted by atomic mass is 10.1. The molecule has 1 aromatic rings. The monoisotopic (exact) mass is 400 g/mol. The van der Waals surface area contributed by atoms with Crippen molar-refractivity contribution in [2.75, 3.05) is 44.6 Å². The minimum absolute atomic E-state index is 0.000459. The molecule has 1 fully saturated rings. The SMILES string of the molecule is CC(C)(C)NC(=O)CN1CCCN(CC(=O)Nc2ccc(F)c(F)c2F)CC1. The molecule has 0 saturated carbocycles. The number of nitrogens with one attached hydrogen (secondary N) is 2. The van der Waals surface area contributed by atoms with E-state index in [2.05, 4.69) is 10.6 Å². The smallest absolute Gasteiger partial charge is 0.238 e. The molecule has 2 amide bonds. The van der Waals surface area contributed by atoms with Crippen molar-refractivity contribution in [3.05, 3.63) is 29.6 Å². The number of halogens is 3. The Hall–Kier alpha value is -2.13. The minimum atomic E-state index is -1.61. The number of carbonyl (C=O) groups excluding carboxylic acids is 2. The van der Waals surface area contributed by atoms with Crippen LogP contribution in [0.25, 0.3) is 0 Å². The van der Waals surface area contributed by atoms with E-state index in [-0.39, 0.29) is 30.2 Å². The summed E-state index contributed by atoms with van der Waals surface area (Å²) in [7, 11) is 0. The Bertz CT molecular complexity index is 722. The van der Waals surface area contributed by atoms with Crippen molar-refractivity contribution < 1.29 is 22.8 Å². The van der Waals surface area contributed by atoms with Crippen LogP contribution in [0, 0.1) is 17.5 Å². The normalized spacial score (nSPS) is 16.5. The molecule has 1 aromatic carbocycles. The van der Waals surface area contributed by atoms with Gasteiger partial charge in [-0.25, -0.2) is 13.2 Å². The van der Waals surface area contributed by atoms with Crippen molar-refractivity contribution >= 4 is 17.5 Å². The topological polar surface area (TPSA) is 64.7 Å². The van der Waals surface area contributed by atoms with Gasteiger partial charge < -0.3 is 10.6 Å². The highest BCUT2D eigenvalue weighted by Gasteiger charge is 2.21. The quantitative estimate of drug-likeness (QED) is 0.742. The van der Waals surface area contributed by atoms with E-state index in [1.807, 2.05) is 30.6 Å². The zero-order valence-electron chi connectivity index (χ0n) is 16.4. The van der Waals surface area contributed by atoms with Gasteiger partial charge in [0.25, 0.3) is 0 Å². The molecular weight excluding hydrogens is 373 g/mol. The van der Waals surface area contributed by atoms with Crippen molar-refractivity contribution in [1.82, 2.24) is 15.1 Å². The summed E-state index contributed by atoms with van der Waals surface area (Å²) in [4.78, 5) is 28.1. The molecule has 0 radical (unpaired) electrons. The molecular formula is C19H27F3N4O2. The van der Waals surface area contributed by atoms with E-state index in [9.17, 15) is 22.8 Å². The third-order valence-corrected chi connectivity index (χ3v) is 4.24. The highest BCUT2D eigenvalue weighted by molar-refractivity contribution is 5.92. The van der Waals surface area contributed by atoms with Crippen LogP contribution in [-0.2, 0) is 9.59 Å². The largest absolute Gasteiger partial charge is 0.350 e. The Labute approximate surface area is 163 Å². The summed E-state index contributed by atoms with van der Waals surface area (Å²) in [6.07, 6.45) is 0.773. The molecule has 0 aromatic heterocycles. The van der Waals surface area contributed by atoms with Crippen LogP contribution < -0.4 is 10.6 Å². The van der Waals surface area contributed by atoms with E-state index >= 15 is 0 Å². The maximum Gasteiger partial charge on any atom is 0.238 e. The second kappa shape index (κ2) is 9.38. The Morgan fingerprint density at radius 1 is 0.929 bits per heavy atom. The molecule has 0 spiro atoms. The first-order valence-electron chi connectivity index (χ1n) is 9.24. The number of nitrogens with zero attached hydrogens (tertiary/aromatic N) is 2. The first kappa shape index (κ1) is 22.2. The van der Waals surface area contributed by atoms with Crippen LogP contribution in [0.4, 0.5) is 18.9 Å². The lowest BCUT2D eigenvalue weighted by Crippen LogP contribution is -2.46. The Kier molecular flexibility index (Phi) is 7.42. The van der Waals surface area contributed by atoms with Crippen molar-refractivity contribution in [2.24, 2.45) is 0 Å². The fraction of sp³-hybridized carbons (Fsp3) is 0.579. The van der Waals surface area contributed by atoms with Crippen LogP contribution in [0.1, 0.15) is 27.2 Å². The molecule has 28 heavy (non-hydrogen) atoms. The standard InChI is InChI=1S/C19H27F3N4O2/c1-19(2,3)24-16(28)12-26-8-4-7-25(9-10-26)11-15(27)23-14-6-5-13(20)17(21)18(14)22/h5-6H,4,7-12H2,1-3H3,(H,23,27)(H,24,28). The van der Waals surface area contributed by atoms with E-state index in [1.165, 1.54) is 0 Å². The van der Waals surface area contributed by atoms with Gasteiger partial charge in [0.1, 0.15) is 0 Å². The van der Waals surface area contributed by atoms with Crippen LogP contribution in [0.3, 0.4) is 0 Å². The van der Waals surface area contributed by atoms with Crippen LogP contribution >= 0.6 is 0 Å². The molecule has 0 atom stereocenters. The average molecular weight is 400 g/mol. The van der Waals surface area contributed by atoms with E-state index < -0.39 is 23.4 Å². The number of amides is 2. The maximum absolute atomic E-state index is 13.7. The number of rotatable bonds is 5. The fourth-order valence-corrected chi connectivity index (χ4v) is 3.02. The highest BCUT2D eigenvalue weighted by Crippen LogP contribution is 2.19. The molecule has 2 rings (SSSR count). The van der Waals surface area contributed by atoms with Crippen LogP contribution in [0.5, 0.6) is 0 Å². The van der Waals surface area contributed by atoms with Gasteiger partial charge in [-0.15, -0.1) is 0 Å². The van der Waals surface area contributed by atoms with Gasteiger partial charge in [-0.2, -0.15) is 0 Å². The van der Waals surface area contributed by atoms with Gasteiger partial charge >= 0.3 is 0 Å². The number of hydrogen-bond acceptors (Lipinski definition) is 4. The summed E-state index contributed by atoms with van der Waals surface area (Å²) in [5, 5.41) is 5.20. The van der Waals surface area contributed by atoms with E-state index in [0.29, 0.717) is 19.6 Å². The summed E-state index contributed by atoms with van der Waals surface area (Å²) >= 11 is 0. The predicted octanol–water partition coefficient (Wildman–Crippen LogP) is 1.96. The van der Waals surface area contributed by atoms with Gasteiger partial charge in [0.05, 0.1) is 18.8 Å². The first-order valence-corrected chi connectivity index (χ1v) is 9.24. The molecule has 1 heterocycles. The van der Waals surface area contributed by atoms with Gasteiger partial charge in [-0.3, -0.25) is 19.4 Å². The predicted molar refractivity (Wildman–Crippen MR) is 100 cm³/mol. The molecule has 0 aliphatic carbocycles. The number of anilines is 1.